The van der Waals surface area contributed by atoms with E-state index in [0.717, 1.165) is 11.1 Å². The molecule has 2 aliphatic carbocycles. The fourth-order valence-electron chi connectivity index (χ4n) is 1.77. The van der Waals surface area contributed by atoms with Crippen molar-refractivity contribution in [1.82, 2.24) is 10.6 Å². The van der Waals surface area contributed by atoms with Crippen molar-refractivity contribution in [2.75, 3.05) is 0 Å². The molecule has 1 aliphatic heterocycles. The molecular formula is C13H13FN2O4. The van der Waals surface area contributed by atoms with Crippen molar-refractivity contribution >= 4 is 17.9 Å². The number of imide groups is 1. The third-order valence-corrected chi connectivity index (χ3v) is 3.24. The molecule has 106 valence electrons. The Morgan fingerprint density at radius 2 is 2.00 bits per heavy atom. The van der Waals surface area contributed by atoms with E-state index in [4.69, 9.17) is 5.11 Å². The summed E-state index contributed by atoms with van der Waals surface area (Å²) in [4.78, 5) is 32.5. The SMILES string of the molecule is CC(C)(C(=O)O)C1NC(=O)NC1=O.Fc1ccc2cc1-2. The van der Waals surface area contributed by atoms with Crippen LogP contribution >= 0.6 is 0 Å². The number of rotatable bonds is 2. The lowest BCUT2D eigenvalue weighted by Gasteiger charge is -2.23. The zero-order valence-corrected chi connectivity index (χ0v) is 10.9. The van der Waals surface area contributed by atoms with Crippen LogP contribution in [-0.4, -0.2) is 29.1 Å². The molecule has 0 radical (unpaired) electrons. The smallest absolute Gasteiger partial charge is 0.322 e. The van der Waals surface area contributed by atoms with Gasteiger partial charge in [-0.15, -0.1) is 0 Å². The zero-order chi connectivity index (χ0) is 15.1. The number of carboxylic acids is 1. The van der Waals surface area contributed by atoms with E-state index in [1.165, 1.54) is 19.9 Å². The fourth-order valence-corrected chi connectivity index (χ4v) is 1.77. The summed E-state index contributed by atoms with van der Waals surface area (Å²) in [5.41, 5.74) is 0.577. The van der Waals surface area contributed by atoms with E-state index in [0.29, 0.717) is 0 Å². The van der Waals surface area contributed by atoms with E-state index in [1.54, 1.807) is 6.07 Å². The van der Waals surface area contributed by atoms with Crippen LogP contribution in [0.2, 0.25) is 0 Å². The number of urea groups is 1. The van der Waals surface area contributed by atoms with Crippen LogP contribution in [0.25, 0.3) is 11.1 Å². The van der Waals surface area contributed by atoms with Crippen LogP contribution in [-0.2, 0) is 9.59 Å². The Bertz CT molecular complexity index is 612. The lowest BCUT2D eigenvalue weighted by atomic mass is 9.84. The molecule has 1 atom stereocenters. The fraction of sp³-hybridized carbons (Fsp3) is 0.308. The molecule has 0 spiro atoms. The molecule has 3 N–H and O–H groups in total. The van der Waals surface area contributed by atoms with Crippen LogP contribution in [0, 0.1) is 11.2 Å². The van der Waals surface area contributed by atoms with Crippen molar-refractivity contribution in [3.05, 3.63) is 24.0 Å². The Balaban J connectivity index is 0.000000173. The first-order valence-electron chi connectivity index (χ1n) is 5.88. The molecule has 6 nitrogen and oxygen atoms in total. The highest BCUT2D eigenvalue weighted by molar-refractivity contribution is 6.06. The molecule has 1 saturated heterocycles. The van der Waals surface area contributed by atoms with Crippen LogP contribution in [0.5, 0.6) is 0 Å². The third kappa shape index (κ3) is 2.47. The molecule has 0 aromatic heterocycles. The normalized spacial score (nSPS) is 18.6. The van der Waals surface area contributed by atoms with Crippen LogP contribution < -0.4 is 10.6 Å². The predicted octanol–water partition coefficient (Wildman–Crippen LogP) is 1.11. The molecule has 0 bridgehead atoms. The summed E-state index contributed by atoms with van der Waals surface area (Å²) in [6.07, 6.45) is 0. The number of carbonyl (C=O) groups is 3. The molecule has 3 aliphatic rings. The van der Waals surface area contributed by atoms with Gasteiger partial charge in [-0.05, 0) is 31.5 Å². The monoisotopic (exact) mass is 280 g/mol. The van der Waals surface area contributed by atoms with E-state index in [-0.39, 0.29) is 5.82 Å². The number of hydrogen-bond acceptors (Lipinski definition) is 3. The number of hydrogen-bond donors (Lipinski definition) is 3. The Morgan fingerprint density at radius 3 is 2.25 bits per heavy atom. The first-order chi connectivity index (χ1) is 9.23. The second-order valence-corrected chi connectivity index (χ2v) is 5.12. The minimum Gasteiger partial charge on any atom is -0.481 e. The number of fused-ring (bicyclic) bond motifs is 1. The summed E-state index contributed by atoms with van der Waals surface area (Å²) in [5, 5.41) is 13.0. The van der Waals surface area contributed by atoms with Crippen molar-refractivity contribution in [3.8, 4) is 11.1 Å². The van der Waals surface area contributed by atoms with Crippen molar-refractivity contribution < 1.29 is 23.9 Å². The van der Waals surface area contributed by atoms with Gasteiger partial charge in [-0.25, -0.2) is 9.18 Å². The summed E-state index contributed by atoms with van der Waals surface area (Å²) in [6.45, 7) is 2.76. The summed E-state index contributed by atoms with van der Waals surface area (Å²) >= 11 is 0. The molecule has 1 fully saturated rings. The second kappa shape index (κ2) is 4.59. The highest BCUT2D eigenvalue weighted by atomic mass is 19.1. The molecule has 1 unspecified atom stereocenters. The van der Waals surface area contributed by atoms with Crippen LogP contribution in [0.3, 0.4) is 0 Å². The van der Waals surface area contributed by atoms with Crippen molar-refractivity contribution in [2.24, 2.45) is 5.41 Å². The van der Waals surface area contributed by atoms with Crippen LogP contribution in [0.15, 0.2) is 18.2 Å². The lowest BCUT2D eigenvalue weighted by molar-refractivity contribution is -0.150. The number of halogens is 1. The average Bonchev–Trinajstić information content (AvgIpc) is 2.94. The van der Waals surface area contributed by atoms with Gasteiger partial charge < -0.3 is 10.4 Å². The summed E-state index contributed by atoms with van der Waals surface area (Å²) in [6, 6.07) is 3.45. The van der Waals surface area contributed by atoms with Gasteiger partial charge in [-0.1, -0.05) is 6.07 Å². The Labute approximate surface area is 114 Å². The highest BCUT2D eigenvalue weighted by Crippen LogP contribution is 2.36. The largest absolute Gasteiger partial charge is 0.481 e. The lowest BCUT2D eigenvalue weighted by Crippen LogP contribution is -2.47. The van der Waals surface area contributed by atoms with E-state index in [9.17, 15) is 18.8 Å². The number of nitrogens with one attached hydrogen (secondary N) is 2. The Kier molecular flexibility index (Phi) is 3.21. The standard InChI is InChI=1S/C7H10N2O4.C6H3F/c1-7(2,5(11)12)3-4(10)9-6(13)8-3;7-6-2-1-4-3-5(4)6/h3H,1-2H3,(H,11,12)(H2,8,9,10,13);1-3H. The number of benzene rings is 1. The van der Waals surface area contributed by atoms with Gasteiger partial charge >= 0.3 is 12.0 Å². The van der Waals surface area contributed by atoms with Gasteiger partial charge in [0.05, 0.1) is 5.41 Å². The minimum absolute atomic E-state index is 0.0741. The molecule has 3 rings (SSSR count). The highest BCUT2D eigenvalue weighted by Gasteiger charge is 2.46. The first kappa shape index (κ1) is 14.0. The van der Waals surface area contributed by atoms with Gasteiger partial charge in [0.25, 0.3) is 5.91 Å². The molecule has 0 saturated carbocycles. The maximum absolute atomic E-state index is 12.1. The van der Waals surface area contributed by atoms with E-state index >= 15 is 0 Å². The number of carboxylic acid groups (broad SMARTS) is 1. The van der Waals surface area contributed by atoms with Gasteiger partial charge in [0.2, 0.25) is 0 Å². The predicted molar refractivity (Wildman–Crippen MR) is 67.3 cm³/mol. The molecule has 20 heavy (non-hydrogen) atoms. The summed E-state index contributed by atoms with van der Waals surface area (Å²) in [5.74, 6) is -1.80. The minimum atomic E-state index is -1.30. The molecule has 7 heteroatoms. The van der Waals surface area contributed by atoms with Gasteiger partial charge in [0.1, 0.15) is 11.9 Å². The van der Waals surface area contributed by atoms with E-state index < -0.39 is 29.4 Å². The van der Waals surface area contributed by atoms with Gasteiger partial charge in [-0.2, -0.15) is 0 Å². The Morgan fingerprint density at radius 1 is 1.35 bits per heavy atom. The van der Waals surface area contributed by atoms with Gasteiger partial charge in [-0.3, -0.25) is 14.9 Å². The molecule has 0 aromatic rings. The molecule has 3 amide bonds. The average molecular weight is 280 g/mol. The van der Waals surface area contributed by atoms with Crippen molar-refractivity contribution in [3.63, 3.8) is 0 Å². The van der Waals surface area contributed by atoms with Gasteiger partial charge in [0.15, 0.2) is 0 Å². The Hall–Kier alpha value is -2.44. The number of aliphatic carboxylic acids is 1. The van der Waals surface area contributed by atoms with E-state index in [2.05, 4.69) is 5.32 Å². The van der Waals surface area contributed by atoms with Crippen LogP contribution in [0.4, 0.5) is 9.18 Å². The van der Waals surface area contributed by atoms with Crippen LogP contribution in [0.1, 0.15) is 13.8 Å². The number of carbonyl (C=O) groups excluding carboxylic acids is 2. The topological polar surface area (TPSA) is 95.5 Å². The zero-order valence-electron chi connectivity index (χ0n) is 10.9. The maximum Gasteiger partial charge on any atom is 0.322 e. The third-order valence-electron chi connectivity index (χ3n) is 3.24. The van der Waals surface area contributed by atoms with Gasteiger partial charge in [0, 0.05) is 5.56 Å². The molecule has 1 heterocycles. The molecule has 0 aromatic carbocycles. The van der Waals surface area contributed by atoms with E-state index in [1.807, 2.05) is 11.4 Å². The summed E-state index contributed by atoms with van der Waals surface area (Å²) in [7, 11) is 0. The van der Waals surface area contributed by atoms with Crippen molar-refractivity contribution in [2.45, 2.75) is 19.9 Å². The second-order valence-electron chi connectivity index (χ2n) is 5.12. The quantitative estimate of drug-likeness (QED) is 0.718. The summed E-state index contributed by atoms with van der Waals surface area (Å²) < 4.78 is 12.1. The maximum atomic E-state index is 12.1. The van der Waals surface area contributed by atoms with Crippen molar-refractivity contribution in [1.29, 1.82) is 0 Å². The molecular weight excluding hydrogens is 267 g/mol. The number of amides is 3. The first-order valence-corrected chi connectivity index (χ1v) is 5.88.